The number of carboxylic acids is 1. The predicted octanol–water partition coefficient (Wildman–Crippen LogP) is -1.48. The number of aliphatic hydroxyl groups excluding tert-OH is 1. The summed E-state index contributed by atoms with van der Waals surface area (Å²) in [5, 5.41) is 41.4. The Labute approximate surface area is 356 Å². The quantitative estimate of drug-likeness (QED) is 0.0515. The minimum Gasteiger partial charge on any atom is -0.508 e. The molecule has 1 unspecified atom stereocenters. The zero-order valence-electron chi connectivity index (χ0n) is 34.1. The van der Waals surface area contributed by atoms with Gasteiger partial charge in [0.05, 0.1) is 18.2 Å². The van der Waals surface area contributed by atoms with Crippen LogP contribution in [0.4, 0.5) is 4.79 Å². The molecule has 1 aliphatic rings. The number of phenols is 1. The molecule has 5 rings (SSSR count). The first-order chi connectivity index (χ1) is 29.4. The van der Waals surface area contributed by atoms with Crippen molar-refractivity contribution >= 4 is 51.4 Å². The highest BCUT2D eigenvalue weighted by atomic mass is 32.2. The van der Waals surface area contributed by atoms with Gasteiger partial charge in [0.15, 0.2) is 6.23 Å². The topological polar surface area (TPSA) is 320 Å². The van der Waals surface area contributed by atoms with Crippen LogP contribution in [-0.2, 0) is 47.6 Å². The molecule has 11 N–H and O–H groups in total. The molecule has 9 atom stereocenters. The minimum atomic E-state index is -1.54. The molecule has 0 radical (unpaired) electrons. The lowest BCUT2D eigenvalue weighted by molar-refractivity contribution is -0.139. The van der Waals surface area contributed by atoms with E-state index in [-0.39, 0.29) is 43.7 Å². The zero-order chi connectivity index (χ0) is 45.2. The van der Waals surface area contributed by atoms with Crippen molar-refractivity contribution in [1.82, 2.24) is 40.7 Å². The zero-order valence-corrected chi connectivity index (χ0v) is 34.9. The van der Waals surface area contributed by atoms with Crippen molar-refractivity contribution in [3.05, 3.63) is 99.0 Å². The third-order valence-corrected chi connectivity index (χ3v) is 11.3. The molecule has 0 bridgehead atoms. The number of phenolic OH excluding ortho intramolecular Hbond substituents is 1. The number of carbonyl (C=O) groups is 5. The molecule has 4 aromatic rings. The molecule has 1 aliphatic heterocycles. The molecule has 5 amide bonds. The van der Waals surface area contributed by atoms with E-state index in [2.05, 4.69) is 31.2 Å². The maximum absolute atomic E-state index is 14.1. The van der Waals surface area contributed by atoms with E-state index < -0.39 is 100 Å². The third kappa shape index (κ3) is 12.1. The third-order valence-electron chi connectivity index (χ3n) is 10.5. The number of H-pyrrole nitrogens is 2. The smallest absolute Gasteiger partial charge is 0.330 e. The Morgan fingerprint density at radius 3 is 2.44 bits per heavy atom. The number of amides is 5. The highest BCUT2D eigenvalue weighted by Gasteiger charge is 2.39. The number of urea groups is 1. The van der Waals surface area contributed by atoms with Gasteiger partial charge in [-0.15, -0.1) is 0 Å². The van der Waals surface area contributed by atoms with E-state index in [0.717, 1.165) is 32.6 Å². The summed E-state index contributed by atoms with van der Waals surface area (Å²) in [6, 6.07) is 6.71. The van der Waals surface area contributed by atoms with Gasteiger partial charge in [-0.25, -0.2) is 14.4 Å². The van der Waals surface area contributed by atoms with Crippen LogP contribution in [0.1, 0.15) is 37.1 Å². The van der Waals surface area contributed by atoms with Crippen molar-refractivity contribution in [2.75, 3.05) is 25.6 Å². The van der Waals surface area contributed by atoms with Crippen LogP contribution in [0.15, 0.2) is 76.6 Å². The van der Waals surface area contributed by atoms with Crippen LogP contribution >= 0.6 is 0 Å². The first kappa shape index (κ1) is 46.7. The lowest BCUT2D eigenvalue weighted by Crippen LogP contribution is -2.63. The number of aromatic hydroxyl groups is 1. The number of fused-ring (bicyclic) bond motifs is 1. The maximum atomic E-state index is 14.1. The summed E-state index contributed by atoms with van der Waals surface area (Å²) in [6.07, 6.45) is 0.571. The van der Waals surface area contributed by atoms with Crippen LogP contribution in [0.3, 0.4) is 0 Å². The van der Waals surface area contributed by atoms with Gasteiger partial charge in [0.1, 0.15) is 30.0 Å². The average molecular weight is 882 g/mol. The summed E-state index contributed by atoms with van der Waals surface area (Å²) < 4.78 is 19.0. The van der Waals surface area contributed by atoms with Crippen molar-refractivity contribution in [2.45, 2.75) is 81.3 Å². The molecule has 0 saturated carbocycles. The second-order valence-electron chi connectivity index (χ2n) is 15.1. The number of aromatic nitrogens is 3. The molecule has 1 saturated heterocycles. The molecular weight excluding hydrogens is 831 g/mol. The molecule has 2 aromatic carbocycles. The largest absolute Gasteiger partial charge is 0.508 e. The molecule has 22 heteroatoms. The number of aliphatic carboxylic acids is 1. The summed E-state index contributed by atoms with van der Waals surface area (Å²) in [4.78, 5) is 97.7. The second kappa shape index (κ2) is 20.9. The van der Waals surface area contributed by atoms with E-state index in [1.54, 1.807) is 30.5 Å². The van der Waals surface area contributed by atoms with Crippen molar-refractivity contribution in [1.29, 1.82) is 0 Å². The Morgan fingerprint density at radius 2 is 1.74 bits per heavy atom. The number of benzene rings is 2. The lowest BCUT2D eigenvalue weighted by Gasteiger charge is -2.34. The highest BCUT2D eigenvalue weighted by Crippen LogP contribution is 2.27. The Bertz CT molecular complexity index is 2400. The summed E-state index contributed by atoms with van der Waals surface area (Å²) in [5.41, 5.74) is 6.74. The predicted molar refractivity (Wildman–Crippen MR) is 225 cm³/mol. The lowest BCUT2D eigenvalue weighted by atomic mass is 10.0. The van der Waals surface area contributed by atoms with Crippen LogP contribution in [0.2, 0.25) is 0 Å². The number of carboxylic acid groups (broad SMARTS) is 1. The number of nitrogens with two attached hydrogens (primary N) is 1. The number of likely N-dealkylation sites (N-methyl/N-ethyl adjacent to an activating group) is 1. The fraction of sp³-hybridized carbons (Fsp3) is 0.425. The van der Waals surface area contributed by atoms with Gasteiger partial charge in [-0.2, -0.15) is 0 Å². The number of ether oxygens (including phenoxy) is 1. The Hall–Kier alpha value is -6.36. The van der Waals surface area contributed by atoms with Gasteiger partial charge < -0.3 is 56.9 Å². The summed E-state index contributed by atoms with van der Waals surface area (Å²) in [6.45, 7) is 1.22. The number of hydrogen-bond acceptors (Lipinski definition) is 12. The van der Waals surface area contributed by atoms with Gasteiger partial charge in [-0.1, -0.05) is 30.3 Å². The van der Waals surface area contributed by atoms with Crippen LogP contribution in [0.25, 0.3) is 10.9 Å². The molecular formula is C40H51N9O12S. The molecule has 2 aromatic heterocycles. The van der Waals surface area contributed by atoms with Crippen LogP contribution < -0.4 is 38.2 Å². The number of rotatable bonds is 19. The highest BCUT2D eigenvalue weighted by molar-refractivity contribution is 7.84. The summed E-state index contributed by atoms with van der Waals surface area (Å²) >= 11 is 0. The SMILES string of the molecule is C[C@@H]([C@H](NC(=O)[C@H](CCS(C)=O)NC(=O)N[C@@H](Cc1c[nH]c2ccccc12)C(=O)O)C(=O)NC[C@H]1C[C@@H](O)[C@H](n2ccc(=O)[nH]c2=O)O1)N(C)C(=O)[C@@H](N)Cc1cccc(O)c1. The first-order valence-electron chi connectivity index (χ1n) is 19.6. The van der Waals surface area contributed by atoms with E-state index in [0.29, 0.717) is 11.1 Å². The average Bonchev–Trinajstić information content (AvgIpc) is 3.81. The van der Waals surface area contributed by atoms with E-state index in [4.69, 9.17) is 10.5 Å². The number of nitrogens with zero attached hydrogens (tertiary/aromatic N) is 2. The van der Waals surface area contributed by atoms with Gasteiger partial charge in [0, 0.05) is 78.6 Å². The van der Waals surface area contributed by atoms with E-state index >= 15 is 0 Å². The first-order valence-corrected chi connectivity index (χ1v) is 21.3. The van der Waals surface area contributed by atoms with E-state index in [1.807, 2.05) is 12.1 Å². The van der Waals surface area contributed by atoms with Crippen molar-refractivity contribution in [2.24, 2.45) is 5.73 Å². The molecule has 21 nitrogen and oxygen atoms in total. The Kier molecular flexibility index (Phi) is 15.8. The standard InChI is InChI=1S/C40H51N9O12S/c1-21(48(2)36(55)27(41)16-22-7-6-8-24(50)15-22)33(35(54)43-20-25-18-31(51)37(61-25)49-13-11-32(52)46-40(49)59)47-34(53)29(12-14-62(3)60)44-39(58)45-30(38(56)57)17-23-19-42-28-10-5-4-9-26(23)28/h4-11,13,15,19,21,25,27,29-31,33,37,42,50-51H,12,14,16-18,20,41H2,1-3H3,(H,43,54)(H,47,53)(H,56,57)(H2,44,45,58)(H,46,52,59)/t21-,25+,27-,29-,30-,31+,33-,37+,62?/m0/s1. The summed E-state index contributed by atoms with van der Waals surface area (Å²) in [5.74, 6) is -3.85. The van der Waals surface area contributed by atoms with E-state index in [1.165, 1.54) is 32.4 Å². The van der Waals surface area contributed by atoms with Gasteiger partial charge in [-0.3, -0.25) is 32.9 Å². The normalized spacial score (nSPS) is 19.0. The Balaban J connectivity index is 1.33. The molecule has 0 spiro atoms. The van der Waals surface area contributed by atoms with Crippen molar-refractivity contribution in [3.8, 4) is 5.75 Å². The number of aliphatic hydroxyl groups is 1. The van der Waals surface area contributed by atoms with Crippen LogP contribution in [0, 0.1) is 0 Å². The summed E-state index contributed by atoms with van der Waals surface area (Å²) in [7, 11) is -0.0811. The number of nitrogens with one attached hydrogen (secondary N) is 6. The number of para-hydroxylation sites is 1. The number of carbonyl (C=O) groups excluding carboxylic acids is 4. The molecule has 1 fully saturated rings. The van der Waals surface area contributed by atoms with Gasteiger partial charge in [0.2, 0.25) is 17.7 Å². The van der Waals surface area contributed by atoms with Crippen LogP contribution in [0.5, 0.6) is 5.75 Å². The molecule has 0 aliphatic carbocycles. The van der Waals surface area contributed by atoms with Crippen molar-refractivity contribution in [3.63, 3.8) is 0 Å². The van der Waals surface area contributed by atoms with Gasteiger partial charge >= 0.3 is 17.7 Å². The van der Waals surface area contributed by atoms with E-state index in [9.17, 15) is 53.1 Å². The van der Waals surface area contributed by atoms with Crippen LogP contribution in [-0.4, -0.2) is 137 Å². The Morgan fingerprint density at radius 1 is 1.02 bits per heavy atom. The molecule has 62 heavy (non-hydrogen) atoms. The van der Waals surface area contributed by atoms with Gasteiger partial charge in [0.25, 0.3) is 5.56 Å². The van der Waals surface area contributed by atoms with Crippen molar-refractivity contribution < 1.29 is 48.2 Å². The minimum absolute atomic E-state index is 0.0152. The fourth-order valence-corrected chi connectivity index (χ4v) is 7.63. The fourth-order valence-electron chi connectivity index (χ4n) is 7.06. The number of aromatic amines is 2. The maximum Gasteiger partial charge on any atom is 0.330 e. The number of hydrogen-bond donors (Lipinski definition) is 10. The monoisotopic (exact) mass is 881 g/mol. The van der Waals surface area contributed by atoms with Gasteiger partial charge in [-0.05, 0) is 49.1 Å². The second-order valence-corrected chi connectivity index (χ2v) is 16.6. The molecule has 3 heterocycles. The molecule has 334 valence electrons.